The number of benzene rings is 1. The molecule has 110 valence electrons. The number of carbonyl (C=O) groups is 1. The van der Waals surface area contributed by atoms with Crippen LogP contribution < -0.4 is 10.1 Å². The molecule has 0 aromatic heterocycles. The van der Waals surface area contributed by atoms with Crippen molar-refractivity contribution >= 4 is 17.7 Å². The minimum Gasteiger partial charge on any atom is -0.497 e. The average Bonchev–Trinajstić information content (AvgIpc) is 2.52. The SMILES string of the molecule is COc1cccc(SCC(=O)NCC2COCCO2)c1. The molecule has 6 heteroatoms. The van der Waals surface area contributed by atoms with Gasteiger partial charge in [-0.3, -0.25) is 4.79 Å². The van der Waals surface area contributed by atoms with Crippen molar-refractivity contribution < 1.29 is 19.0 Å². The van der Waals surface area contributed by atoms with Crippen LogP contribution in [0.4, 0.5) is 0 Å². The van der Waals surface area contributed by atoms with E-state index >= 15 is 0 Å². The van der Waals surface area contributed by atoms with Gasteiger partial charge in [0.05, 0.1) is 38.8 Å². The van der Waals surface area contributed by atoms with Gasteiger partial charge in [0.15, 0.2) is 0 Å². The van der Waals surface area contributed by atoms with E-state index in [1.54, 1.807) is 7.11 Å². The number of rotatable bonds is 6. The van der Waals surface area contributed by atoms with Crippen LogP contribution in [-0.2, 0) is 14.3 Å². The van der Waals surface area contributed by atoms with Gasteiger partial charge in [-0.05, 0) is 18.2 Å². The molecule has 1 aromatic carbocycles. The second kappa shape index (κ2) is 8.14. The molecule has 0 spiro atoms. The summed E-state index contributed by atoms with van der Waals surface area (Å²) in [5.41, 5.74) is 0. The fourth-order valence-corrected chi connectivity index (χ4v) is 2.55. The van der Waals surface area contributed by atoms with Gasteiger partial charge < -0.3 is 19.5 Å². The van der Waals surface area contributed by atoms with Crippen LogP contribution in [0.1, 0.15) is 0 Å². The number of thioether (sulfide) groups is 1. The van der Waals surface area contributed by atoms with E-state index in [2.05, 4.69) is 5.32 Å². The first kappa shape index (κ1) is 15.2. The first-order valence-electron chi connectivity index (χ1n) is 6.51. The average molecular weight is 297 g/mol. The number of hydrogen-bond acceptors (Lipinski definition) is 5. The van der Waals surface area contributed by atoms with E-state index in [-0.39, 0.29) is 12.0 Å². The molecule has 1 unspecified atom stereocenters. The summed E-state index contributed by atoms with van der Waals surface area (Å²) in [6, 6.07) is 7.66. The highest BCUT2D eigenvalue weighted by Crippen LogP contribution is 2.22. The molecule has 1 atom stereocenters. The zero-order chi connectivity index (χ0) is 14.2. The molecule has 1 aliphatic heterocycles. The van der Waals surface area contributed by atoms with E-state index in [1.807, 2.05) is 24.3 Å². The zero-order valence-electron chi connectivity index (χ0n) is 11.5. The van der Waals surface area contributed by atoms with Crippen LogP contribution in [-0.4, -0.2) is 51.2 Å². The maximum Gasteiger partial charge on any atom is 0.230 e. The fourth-order valence-electron chi connectivity index (χ4n) is 1.77. The van der Waals surface area contributed by atoms with E-state index in [0.29, 0.717) is 32.1 Å². The lowest BCUT2D eigenvalue weighted by molar-refractivity contribution is -0.121. The predicted molar refractivity (Wildman–Crippen MR) is 77.3 cm³/mol. The van der Waals surface area contributed by atoms with Crippen molar-refractivity contribution in [2.24, 2.45) is 0 Å². The first-order valence-corrected chi connectivity index (χ1v) is 7.49. The Morgan fingerprint density at radius 1 is 1.50 bits per heavy atom. The van der Waals surface area contributed by atoms with Gasteiger partial charge in [0.2, 0.25) is 5.91 Å². The fraction of sp³-hybridized carbons (Fsp3) is 0.500. The zero-order valence-corrected chi connectivity index (χ0v) is 12.3. The number of ether oxygens (including phenoxy) is 3. The van der Waals surface area contributed by atoms with Crippen molar-refractivity contribution in [2.45, 2.75) is 11.0 Å². The number of hydrogen-bond donors (Lipinski definition) is 1. The molecule has 1 amide bonds. The molecular formula is C14H19NO4S. The van der Waals surface area contributed by atoms with Crippen LogP contribution in [0.3, 0.4) is 0 Å². The van der Waals surface area contributed by atoms with Crippen LogP contribution in [0.2, 0.25) is 0 Å². The van der Waals surface area contributed by atoms with Gasteiger partial charge >= 0.3 is 0 Å². The van der Waals surface area contributed by atoms with E-state index in [1.165, 1.54) is 11.8 Å². The lowest BCUT2D eigenvalue weighted by atomic mass is 10.3. The molecule has 1 aromatic rings. The van der Waals surface area contributed by atoms with Gasteiger partial charge in [-0.15, -0.1) is 11.8 Å². The van der Waals surface area contributed by atoms with Crippen molar-refractivity contribution in [2.75, 3.05) is 39.2 Å². The normalized spacial score (nSPS) is 18.6. The molecule has 2 rings (SSSR count). The van der Waals surface area contributed by atoms with Crippen molar-refractivity contribution in [3.05, 3.63) is 24.3 Å². The maximum atomic E-state index is 11.8. The second-order valence-corrected chi connectivity index (χ2v) is 5.39. The van der Waals surface area contributed by atoms with E-state index in [0.717, 1.165) is 10.6 Å². The summed E-state index contributed by atoms with van der Waals surface area (Å²) < 4.78 is 15.9. The molecule has 0 bridgehead atoms. The minimum absolute atomic E-state index is 0.00741. The second-order valence-electron chi connectivity index (χ2n) is 4.34. The monoisotopic (exact) mass is 297 g/mol. The summed E-state index contributed by atoms with van der Waals surface area (Å²) in [6.07, 6.45) is -0.0329. The van der Waals surface area contributed by atoms with Crippen LogP contribution in [0.5, 0.6) is 5.75 Å². The van der Waals surface area contributed by atoms with Crippen LogP contribution >= 0.6 is 11.8 Å². The van der Waals surface area contributed by atoms with Gasteiger partial charge in [0.1, 0.15) is 5.75 Å². The van der Waals surface area contributed by atoms with Crippen LogP contribution in [0.25, 0.3) is 0 Å². The van der Waals surface area contributed by atoms with E-state index < -0.39 is 0 Å². The molecule has 0 saturated carbocycles. The molecule has 20 heavy (non-hydrogen) atoms. The lowest BCUT2D eigenvalue weighted by Crippen LogP contribution is -2.40. The van der Waals surface area contributed by atoms with Crippen LogP contribution in [0, 0.1) is 0 Å². The Morgan fingerprint density at radius 3 is 3.15 bits per heavy atom. The lowest BCUT2D eigenvalue weighted by Gasteiger charge is -2.23. The highest BCUT2D eigenvalue weighted by atomic mass is 32.2. The molecule has 0 aliphatic carbocycles. The summed E-state index contributed by atoms with van der Waals surface area (Å²) in [5, 5.41) is 2.86. The summed E-state index contributed by atoms with van der Waals surface area (Å²) in [4.78, 5) is 12.8. The van der Waals surface area contributed by atoms with Crippen molar-refractivity contribution in [1.29, 1.82) is 0 Å². The molecule has 1 fully saturated rings. The van der Waals surface area contributed by atoms with Gasteiger partial charge in [0.25, 0.3) is 0 Å². The smallest absolute Gasteiger partial charge is 0.230 e. The third kappa shape index (κ3) is 5.03. The summed E-state index contributed by atoms with van der Waals surface area (Å²) in [7, 11) is 1.63. The molecule has 5 nitrogen and oxygen atoms in total. The quantitative estimate of drug-likeness (QED) is 0.803. The highest BCUT2D eigenvalue weighted by molar-refractivity contribution is 8.00. The molecule has 0 radical (unpaired) electrons. The minimum atomic E-state index is -0.0329. The summed E-state index contributed by atoms with van der Waals surface area (Å²) in [5.74, 6) is 1.16. The highest BCUT2D eigenvalue weighted by Gasteiger charge is 2.15. The standard InChI is InChI=1S/C14H19NO4S/c1-17-11-3-2-4-13(7-11)20-10-14(16)15-8-12-9-18-5-6-19-12/h2-4,7,12H,5-6,8-10H2,1H3,(H,15,16). The van der Waals surface area contributed by atoms with E-state index in [9.17, 15) is 4.79 Å². The Morgan fingerprint density at radius 2 is 2.40 bits per heavy atom. The third-order valence-electron chi connectivity index (χ3n) is 2.82. The Balaban J connectivity index is 1.68. The number of methoxy groups -OCH3 is 1. The van der Waals surface area contributed by atoms with Crippen LogP contribution in [0.15, 0.2) is 29.2 Å². The predicted octanol–water partition coefficient (Wildman–Crippen LogP) is 1.32. The molecule has 1 heterocycles. The Labute approximate surface area is 123 Å². The van der Waals surface area contributed by atoms with Gasteiger partial charge in [-0.25, -0.2) is 0 Å². The van der Waals surface area contributed by atoms with Gasteiger partial charge in [0, 0.05) is 11.4 Å². The Bertz CT molecular complexity index is 435. The van der Waals surface area contributed by atoms with E-state index in [4.69, 9.17) is 14.2 Å². The molecule has 1 aliphatic rings. The first-order chi connectivity index (χ1) is 9.78. The topological polar surface area (TPSA) is 56.8 Å². The van der Waals surface area contributed by atoms with Crippen molar-refractivity contribution in [3.63, 3.8) is 0 Å². The molecular weight excluding hydrogens is 278 g/mol. The van der Waals surface area contributed by atoms with Gasteiger partial charge in [-0.2, -0.15) is 0 Å². The largest absolute Gasteiger partial charge is 0.497 e. The third-order valence-corrected chi connectivity index (χ3v) is 3.82. The van der Waals surface area contributed by atoms with Crippen molar-refractivity contribution in [1.82, 2.24) is 5.32 Å². The molecule has 1 saturated heterocycles. The maximum absolute atomic E-state index is 11.8. The van der Waals surface area contributed by atoms with Gasteiger partial charge in [-0.1, -0.05) is 6.07 Å². The summed E-state index contributed by atoms with van der Waals surface area (Å²) in [6.45, 7) is 2.27. The summed E-state index contributed by atoms with van der Waals surface area (Å²) >= 11 is 1.48. The van der Waals surface area contributed by atoms with Crippen molar-refractivity contribution in [3.8, 4) is 5.75 Å². The Kier molecular flexibility index (Phi) is 6.17. The number of nitrogens with one attached hydrogen (secondary N) is 1. The number of amides is 1. The number of carbonyl (C=O) groups excluding carboxylic acids is 1. The Hall–Kier alpha value is -1.24. The molecule has 1 N–H and O–H groups in total.